The summed E-state index contributed by atoms with van der Waals surface area (Å²) in [6.07, 6.45) is -0.787. The van der Waals surface area contributed by atoms with Crippen LogP contribution in [0.3, 0.4) is 0 Å². The number of rotatable bonds is 1. The van der Waals surface area contributed by atoms with Crippen LogP contribution in [0.25, 0.3) is 0 Å². The van der Waals surface area contributed by atoms with Crippen LogP contribution in [0.4, 0.5) is 0 Å². The Kier molecular flexibility index (Phi) is 1.81. The van der Waals surface area contributed by atoms with Crippen molar-refractivity contribution in [2.45, 2.75) is 20.0 Å². The van der Waals surface area contributed by atoms with E-state index in [-0.39, 0.29) is 5.78 Å². The van der Waals surface area contributed by atoms with Crippen molar-refractivity contribution < 1.29 is 9.90 Å². The predicted molar refractivity (Wildman–Crippen MR) is 22.4 cm³/mol. The molecule has 0 aliphatic rings. The maximum atomic E-state index is 9.89. The van der Waals surface area contributed by atoms with Crippen LogP contribution in [0.1, 0.15) is 13.8 Å². The Morgan fingerprint density at radius 1 is 1.83 bits per heavy atom. The average Bonchev–Trinajstić information content (AvgIpc) is 1.36. The van der Waals surface area contributed by atoms with Gasteiger partial charge in [-0.1, -0.05) is 0 Å². The van der Waals surface area contributed by atoms with Gasteiger partial charge in [0.1, 0.15) is 6.10 Å². The summed E-state index contributed by atoms with van der Waals surface area (Å²) in [7, 11) is 0. The molecule has 0 radical (unpaired) electrons. The number of carbonyl (C=O) groups is 1. The maximum absolute atomic E-state index is 9.89. The molecule has 36 valence electrons. The van der Waals surface area contributed by atoms with Crippen LogP contribution in [0.15, 0.2) is 0 Å². The Morgan fingerprint density at radius 3 is 2.00 bits per heavy atom. The lowest BCUT2D eigenvalue weighted by molar-refractivity contribution is -0.124. The van der Waals surface area contributed by atoms with Crippen molar-refractivity contribution in [3.63, 3.8) is 0 Å². The Balaban J connectivity index is 3.26. The second-order valence-electron chi connectivity index (χ2n) is 1.29. The lowest BCUT2D eigenvalue weighted by Crippen LogP contribution is -2.10. The Hall–Kier alpha value is -0.370. The fourth-order valence-electron chi connectivity index (χ4n) is 0. The van der Waals surface area contributed by atoms with Crippen molar-refractivity contribution >= 4 is 5.78 Å². The van der Waals surface area contributed by atoms with Crippen LogP contribution in [-0.4, -0.2) is 17.0 Å². The van der Waals surface area contributed by atoms with Crippen molar-refractivity contribution in [2.24, 2.45) is 0 Å². The van der Waals surface area contributed by atoms with E-state index in [9.17, 15) is 4.79 Å². The minimum absolute atomic E-state index is 0.185. The first-order valence-electron chi connectivity index (χ1n) is 1.83. The molecule has 1 atom stereocenters. The summed E-state index contributed by atoms with van der Waals surface area (Å²) in [5.74, 6) is -0.185. The van der Waals surface area contributed by atoms with Crippen molar-refractivity contribution in [1.82, 2.24) is 0 Å². The van der Waals surface area contributed by atoms with E-state index in [0.717, 1.165) is 0 Å². The molecule has 1 unspecified atom stereocenters. The first kappa shape index (κ1) is 5.63. The first-order valence-corrected chi connectivity index (χ1v) is 1.83. The SMILES string of the molecule is [13CH3][13C](=O)[13CH]([13CH3])O. The molecule has 0 saturated heterocycles. The van der Waals surface area contributed by atoms with Crippen molar-refractivity contribution in [2.75, 3.05) is 0 Å². The molecule has 0 rings (SSSR count). The third kappa shape index (κ3) is 1.91. The third-order valence-electron chi connectivity index (χ3n) is 0.588. The number of hydrogen-bond donors (Lipinski definition) is 1. The van der Waals surface area contributed by atoms with E-state index in [2.05, 4.69) is 0 Å². The molecule has 2 heteroatoms. The number of hydrogen-bond acceptors (Lipinski definition) is 2. The van der Waals surface area contributed by atoms with E-state index in [1.807, 2.05) is 0 Å². The molecule has 0 aliphatic heterocycles. The number of aliphatic hydroxyl groups is 1. The van der Waals surface area contributed by atoms with Crippen LogP contribution in [0, 0.1) is 0 Å². The number of carbonyl (C=O) groups excluding carboxylic acids is 1. The minimum atomic E-state index is -0.787. The van der Waals surface area contributed by atoms with Gasteiger partial charge in [0, 0.05) is 0 Å². The first-order chi connectivity index (χ1) is 2.64. The van der Waals surface area contributed by atoms with Gasteiger partial charge < -0.3 is 5.11 Å². The summed E-state index contributed by atoms with van der Waals surface area (Å²) in [5, 5.41) is 8.28. The van der Waals surface area contributed by atoms with E-state index >= 15 is 0 Å². The van der Waals surface area contributed by atoms with Gasteiger partial charge in [-0.2, -0.15) is 0 Å². The molecule has 0 spiro atoms. The van der Waals surface area contributed by atoms with Gasteiger partial charge in [0.2, 0.25) is 0 Å². The van der Waals surface area contributed by atoms with E-state index in [1.54, 1.807) is 0 Å². The monoisotopic (exact) mass is 92.1 g/mol. The minimum Gasteiger partial charge on any atom is -0.386 e. The molecular weight excluding hydrogens is 84.0 g/mol. The molecular formula is C4H8O2. The van der Waals surface area contributed by atoms with E-state index in [0.29, 0.717) is 0 Å². The van der Waals surface area contributed by atoms with Crippen molar-refractivity contribution in [3.8, 4) is 0 Å². The van der Waals surface area contributed by atoms with Crippen molar-refractivity contribution in [1.29, 1.82) is 0 Å². The van der Waals surface area contributed by atoms with Crippen LogP contribution < -0.4 is 0 Å². The predicted octanol–water partition coefficient (Wildman–Crippen LogP) is -0.0438. The molecule has 0 saturated carbocycles. The molecule has 0 fully saturated rings. The summed E-state index contributed by atoms with van der Waals surface area (Å²) >= 11 is 0. The van der Waals surface area contributed by atoms with E-state index in [1.165, 1.54) is 13.8 Å². The largest absolute Gasteiger partial charge is 0.386 e. The van der Waals surface area contributed by atoms with Gasteiger partial charge in [-0.25, -0.2) is 0 Å². The molecule has 0 amide bonds. The lowest BCUT2D eigenvalue weighted by Gasteiger charge is -1.90. The highest BCUT2D eigenvalue weighted by Crippen LogP contribution is 1.76. The molecule has 0 aromatic rings. The van der Waals surface area contributed by atoms with Gasteiger partial charge in [-0.3, -0.25) is 4.79 Å². The van der Waals surface area contributed by atoms with Crippen LogP contribution in [0.2, 0.25) is 0 Å². The molecule has 0 aromatic carbocycles. The van der Waals surface area contributed by atoms with Gasteiger partial charge in [0.25, 0.3) is 0 Å². The maximum Gasteiger partial charge on any atom is 0.157 e. The zero-order valence-electron chi connectivity index (χ0n) is 3.93. The van der Waals surface area contributed by atoms with Gasteiger partial charge in [0.05, 0.1) is 0 Å². The average molecular weight is 92.1 g/mol. The van der Waals surface area contributed by atoms with Gasteiger partial charge >= 0.3 is 0 Å². The fraction of sp³-hybridized carbons (Fsp3) is 0.750. The molecule has 0 heterocycles. The highest BCUT2D eigenvalue weighted by atomic mass is 16.4. The van der Waals surface area contributed by atoms with Gasteiger partial charge in [-0.15, -0.1) is 0 Å². The van der Waals surface area contributed by atoms with Crippen LogP contribution in [0.5, 0.6) is 0 Å². The number of Topliss-reactive ketones (excluding diaryl/α,β-unsaturated/α-hetero) is 1. The fourth-order valence-corrected chi connectivity index (χ4v) is 0. The third-order valence-corrected chi connectivity index (χ3v) is 0.588. The number of aliphatic hydroxyl groups excluding tert-OH is 1. The van der Waals surface area contributed by atoms with E-state index in [4.69, 9.17) is 5.11 Å². The molecule has 0 bridgehead atoms. The highest BCUT2D eigenvalue weighted by Gasteiger charge is 1.97. The smallest absolute Gasteiger partial charge is 0.157 e. The molecule has 0 aromatic heterocycles. The molecule has 0 aliphatic carbocycles. The van der Waals surface area contributed by atoms with E-state index < -0.39 is 6.10 Å². The second-order valence-corrected chi connectivity index (χ2v) is 1.29. The van der Waals surface area contributed by atoms with Crippen molar-refractivity contribution in [3.05, 3.63) is 0 Å². The summed E-state index contributed by atoms with van der Waals surface area (Å²) in [4.78, 5) is 9.89. The normalized spacial score (nSPS) is 13.8. The summed E-state index contributed by atoms with van der Waals surface area (Å²) in [6.45, 7) is 2.80. The zero-order valence-corrected chi connectivity index (χ0v) is 3.93. The summed E-state index contributed by atoms with van der Waals surface area (Å²) in [5.41, 5.74) is 0. The summed E-state index contributed by atoms with van der Waals surface area (Å²) in [6, 6.07) is 0. The zero-order chi connectivity index (χ0) is 5.15. The van der Waals surface area contributed by atoms with Crippen LogP contribution in [-0.2, 0) is 4.79 Å². The Morgan fingerprint density at radius 2 is 2.00 bits per heavy atom. The second kappa shape index (κ2) is 1.92. The molecule has 6 heavy (non-hydrogen) atoms. The lowest BCUT2D eigenvalue weighted by atomic mass is 11.3. The van der Waals surface area contributed by atoms with Gasteiger partial charge in [-0.05, 0) is 13.8 Å². The highest BCUT2D eigenvalue weighted by molar-refractivity contribution is 5.79. The van der Waals surface area contributed by atoms with Crippen LogP contribution >= 0.6 is 0 Å². The molecule has 1 N–H and O–H groups in total. The summed E-state index contributed by atoms with van der Waals surface area (Å²) < 4.78 is 0. The topological polar surface area (TPSA) is 37.3 Å². The Labute approximate surface area is 36.8 Å². The van der Waals surface area contributed by atoms with Gasteiger partial charge in [0.15, 0.2) is 5.78 Å². The number of ketones is 1. The Bertz CT molecular complexity index is 56.6. The quantitative estimate of drug-likeness (QED) is 0.460. The molecule has 2 nitrogen and oxygen atoms in total. The standard InChI is InChI=1S/C4H8O2/c1-3(5)4(2)6/h3,5H,1-2H3/i1+1,2+1,3+1,4+1.